The molecule has 0 aromatic heterocycles. The molecule has 2 atom stereocenters. The first-order valence-corrected chi connectivity index (χ1v) is 18.3. The number of aliphatic hydroxyl groups is 1. The van der Waals surface area contributed by atoms with Crippen LogP contribution in [0.3, 0.4) is 0 Å². The number of allylic oxidation sites excluding steroid dienone is 10. The van der Waals surface area contributed by atoms with Crippen molar-refractivity contribution in [2.75, 3.05) is 26.4 Å². The monoisotopic (exact) mass is 653 g/mol. The lowest BCUT2D eigenvalue weighted by Crippen LogP contribution is -2.27. The van der Waals surface area contributed by atoms with Crippen molar-refractivity contribution in [1.29, 1.82) is 0 Å². The van der Waals surface area contributed by atoms with Gasteiger partial charge in [-0.3, -0.25) is 18.6 Å². The summed E-state index contributed by atoms with van der Waals surface area (Å²) in [6, 6.07) is 0. The maximum atomic E-state index is 12.0. The van der Waals surface area contributed by atoms with Crippen LogP contribution in [0.5, 0.6) is 0 Å². The van der Waals surface area contributed by atoms with E-state index in [-0.39, 0.29) is 32.1 Å². The van der Waals surface area contributed by atoms with Gasteiger partial charge in [0, 0.05) is 19.4 Å². The maximum absolute atomic E-state index is 12.0. The van der Waals surface area contributed by atoms with Gasteiger partial charge in [0.15, 0.2) is 0 Å². The highest BCUT2D eigenvalue weighted by Gasteiger charge is 2.23. The lowest BCUT2D eigenvalue weighted by Gasteiger charge is -2.15. The molecule has 2 unspecified atom stereocenters. The van der Waals surface area contributed by atoms with Crippen LogP contribution >= 0.6 is 7.82 Å². The molecule has 0 saturated heterocycles. The van der Waals surface area contributed by atoms with E-state index in [0.717, 1.165) is 89.9 Å². The number of amides is 1. The van der Waals surface area contributed by atoms with Crippen molar-refractivity contribution in [1.82, 2.24) is 5.32 Å². The number of hydrogen-bond donors (Lipinski definition) is 3. The van der Waals surface area contributed by atoms with Crippen LogP contribution in [-0.2, 0) is 27.9 Å². The summed E-state index contributed by atoms with van der Waals surface area (Å²) in [7, 11) is -4.41. The fourth-order valence-electron chi connectivity index (χ4n) is 3.93. The van der Waals surface area contributed by atoms with Crippen molar-refractivity contribution in [3.05, 3.63) is 60.8 Å². The largest absolute Gasteiger partial charge is 0.472 e. The van der Waals surface area contributed by atoms with E-state index in [9.17, 15) is 24.2 Å². The van der Waals surface area contributed by atoms with Gasteiger partial charge in [0.05, 0.1) is 13.2 Å². The van der Waals surface area contributed by atoms with E-state index in [4.69, 9.17) is 13.8 Å². The summed E-state index contributed by atoms with van der Waals surface area (Å²) in [4.78, 5) is 33.4. The summed E-state index contributed by atoms with van der Waals surface area (Å²) >= 11 is 0. The quantitative estimate of drug-likeness (QED) is 0.0306. The Hall–Kier alpha value is -2.29. The summed E-state index contributed by atoms with van der Waals surface area (Å²) in [5.74, 6) is -0.570. The molecule has 0 spiro atoms. The lowest BCUT2D eigenvalue weighted by atomic mass is 10.1. The Bertz CT molecular complexity index is 929. The Morgan fingerprint density at radius 2 is 1.27 bits per heavy atom. The third-order valence-electron chi connectivity index (χ3n) is 6.46. The number of hydrogen-bond acceptors (Lipinski definition) is 7. The van der Waals surface area contributed by atoms with Crippen LogP contribution in [0.1, 0.15) is 117 Å². The van der Waals surface area contributed by atoms with Crippen molar-refractivity contribution >= 4 is 19.7 Å². The molecule has 0 aliphatic rings. The molecule has 0 heterocycles. The SMILES string of the molecule is CC/C=C\C/C=C\C/C=C\C/C=C\C/C=C\CCCCCC(=O)NCCOP(=O)(O)OCC(O)COC(=O)CCCCCCC. The van der Waals surface area contributed by atoms with Crippen LogP contribution in [0.25, 0.3) is 0 Å². The molecular formula is C35H60NO8P. The zero-order chi connectivity index (χ0) is 33.3. The summed E-state index contributed by atoms with van der Waals surface area (Å²) in [5, 5.41) is 12.5. The fourth-order valence-corrected chi connectivity index (χ4v) is 4.69. The molecule has 0 rings (SSSR count). The Morgan fingerprint density at radius 1 is 0.711 bits per heavy atom. The molecule has 1 amide bonds. The predicted molar refractivity (Wildman–Crippen MR) is 183 cm³/mol. The molecule has 9 nitrogen and oxygen atoms in total. The second-order valence-corrected chi connectivity index (χ2v) is 12.2. The van der Waals surface area contributed by atoms with Gasteiger partial charge in [-0.05, 0) is 57.8 Å². The predicted octanol–water partition coefficient (Wildman–Crippen LogP) is 8.20. The number of nitrogens with one attached hydrogen (secondary N) is 1. The van der Waals surface area contributed by atoms with Crippen molar-refractivity contribution in [2.45, 2.75) is 123 Å². The van der Waals surface area contributed by atoms with Crippen molar-refractivity contribution in [3.63, 3.8) is 0 Å². The first-order valence-electron chi connectivity index (χ1n) is 16.8. The number of phosphoric ester groups is 1. The molecule has 0 aliphatic carbocycles. The molecule has 45 heavy (non-hydrogen) atoms. The Kier molecular flexibility index (Phi) is 30.1. The lowest BCUT2D eigenvalue weighted by molar-refractivity contribution is -0.147. The van der Waals surface area contributed by atoms with Gasteiger partial charge in [0.2, 0.25) is 5.91 Å². The van der Waals surface area contributed by atoms with Gasteiger partial charge in [0.1, 0.15) is 12.7 Å². The van der Waals surface area contributed by atoms with E-state index in [1.807, 2.05) is 0 Å². The summed E-state index contributed by atoms with van der Waals surface area (Å²) in [6.45, 7) is 3.25. The van der Waals surface area contributed by atoms with E-state index < -0.39 is 26.5 Å². The highest BCUT2D eigenvalue weighted by Crippen LogP contribution is 2.42. The fraction of sp³-hybridized carbons (Fsp3) is 0.657. The summed E-state index contributed by atoms with van der Waals surface area (Å²) in [6.07, 6.45) is 34.8. The Morgan fingerprint density at radius 3 is 1.89 bits per heavy atom. The number of rotatable bonds is 30. The van der Waals surface area contributed by atoms with E-state index in [1.54, 1.807) is 0 Å². The van der Waals surface area contributed by atoms with Gasteiger partial charge in [-0.2, -0.15) is 0 Å². The Balaban J connectivity index is 3.71. The van der Waals surface area contributed by atoms with E-state index in [0.29, 0.717) is 6.42 Å². The average Bonchev–Trinajstić information content (AvgIpc) is 3.02. The zero-order valence-electron chi connectivity index (χ0n) is 27.8. The number of aliphatic hydroxyl groups excluding tert-OH is 1. The van der Waals surface area contributed by atoms with Crippen LogP contribution < -0.4 is 5.32 Å². The van der Waals surface area contributed by atoms with Crippen LogP contribution in [-0.4, -0.2) is 54.3 Å². The molecular weight excluding hydrogens is 593 g/mol. The van der Waals surface area contributed by atoms with E-state index in [2.05, 4.69) is 79.9 Å². The third kappa shape index (κ3) is 32.9. The minimum atomic E-state index is -4.41. The van der Waals surface area contributed by atoms with Crippen LogP contribution in [0.4, 0.5) is 0 Å². The van der Waals surface area contributed by atoms with Crippen molar-refractivity contribution in [3.8, 4) is 0 Å². The molecule has 258 valence electrons. The summed E-state index contributed by atoms with van der Waals surface area (Å²) < 4.78 is 26.5. The van der Waals surface area contributed by atoms with Gasteiger partial charge in [-0.1, -0.05) is 107 Å². The van der Waals surface area contributed by atoms with Crippen LogP contribution in [0.2, 0.25) is 0 Å². The van der Waals surface area contributed by atoms with Crippen molar-refractivity contribution < 1.29 is 37.9 Å². The van der Waals surface area contributed by atoms with Gasteiger partial charge >= 0.3 is 13.8 Å². The molecule has 0 radical (unpaired) electrons. The topological polar surface area (TPSA) is 131 Å². The molecule has 0 saturated carbocycles. The highest BCUT2D eigenvalue weighted by atomic mass is 31.2. The molecule has 3 N–H and O–H groups in total. The van der Waals surface area contributed by atoms with Crippen molar-refractivity contribution in [2.24, 2.45) is 0 Å². The third-order valence-corrected chi connectivity index (χ3v) is 7.45. The number of ether oxygens (including phenoxy) is 1. The Labute approximate surface area is 272 Å². The molecule has 0 aliphatic heterocycles. The normalized spacial score (nSPS) is 14.3. The summed E-state index contributed by atoms with van der Waals surface area (Å²) in [5.41, 5.74) is 0. The molecule has 0 aromatic carbocycles. The van der Waals surface area contributed by atoms with Gasteiger partial charge in [0.25, 0.3) is 0 Å². The van der Waals surface area contributed by atoms with Crippen LogP contribution in [0.15, 0.2) is 60.8 Å². The molecule has 10 heteroatoms. The molecule has 0 aromatic rings. The number of unbranched alkanes of at least 4 members (excludes halogenated alkanes) is 7. The number of esters is 1. The van der Waals surface area contributed by atoms with Gasteiger partial charge in [-0.25, -0.2) is 4.57 Å². The minimum Gasteiger partial charge on any atom is -0.463 e. The molecule has 0 bridgehead atoms. The second-order valence-electron chi connectivity index (χ2n) is 10.8. The zero-order valence-corrected chi connectivity index (χ0v) is 28.7. The first-order chi connectivity index (χ1) is 21.8. The van der Waals surface area contributed by atoms with E-state index >= 15 is 0 Å². The second kappa shape index (κ2) is 31.7. The number of carbonyl (C=O) groups is 2. The highest BCUT2D eigenvalue weighted by molar-refractivity contribution is 7.47. The van der Waals surface area contributed by atoms with Crippen LogP contribution in [0, 0.1) is 0 Å². The van der Waals surface area contributed by atoms with Gasteiger partial charge in [-0.15, -0.1) is 0 Å². The first kappa shape index (κ1) is 42.7. The molecule has 0 fully saturated rings. The van der Waals surface area contributed by atoms with Gasteiger partial charge < -0.3 is 20.1 Å². The number of phosphoric acid groups is 1. The van der Waals surface area contributed by atoms with E-state index in [1.165, 1.54) is 0 Å². The average molecular weight is 654 g/mol. The maximum Gasteiger partial charge on any atom is 0.472 e. The smallest absolute Gasteiger partial charge is 0.463 e. The standard InChI is InChI=1S/C35H60NO8P/c1-3-5-7-9-10-11-12-13-14-15-16-17-18-19-20-21-22-24-25-27-34(38)36-29-30-43-45(40,41)44-32-33(37)31-42-35(39)28-26-23-8-6-4-2/h5,7,10-11,13-14,16-17,19-20,33,37H,3-4,6,8-9,12,15,18,21-32H2,1-2H3,(H,36,38)(H,40,41)/b7-5-,11-10-,14-13-,17-16-,20-19-. The number of carbonyl (C=O) groups excluding carboxylic acids is 2. The minimum absolute atomic E-state index is 0.0607.